The Morgan fingerprint density at radius 2 is 2.04 bits per heavy atom. The van der Waals surface area contributed by atoms with E-state index in [0.29, 0.717) is 17.1 Å². The fraction of sp³-hybridized carbons (Fsp3) is 0.176. The van der Waals surface area contributed by atoms with Gasteiger partial charge in [-0.15, -0.1) is 5.10 Å². The number of aromatic nitrogens is 4. The maximum atomic E-state index is 12.6. The van der Waals surface area contributed by atoms with Gasteiger partial charge in [0, 0.05) is 4.47 Å². The molecule has 7 nitrogen and oxygen atoms in total. The van der Waals surface area contributed by atoms with E-state index < -0.39 is 6.04 Å². The molecular weight excluding hydrogens is 386 g/mol. The van der Waals surface area contributed by atoms with E-state index in [0.717, 1.165) is 10.2 Å². The molecule has 1 atom stereocenters. The highest BCUT2D eigenvalue weighted by Gasteiger charge is 2.20. The van der Waals surface area contributed by atoms with E-state index in [1.54, 1.807) is 22.9 Å². The second kappa shape index (κ2) is 7.43. The lowest BCUT2D eigenvalue weighted by atomic mass is 10.1. The lowest BCUT2D eigenvalue weighted by molar-refractivity contribution is 0.0935. The first-order chi connectivity index (χ1) is 12.1. The largest absolute Gasteiger partial charge is 0.496 e. The molecule has 0 aliphatic rings. The molecule has 1 amide bonds. The van der Waals surface area contributed by atoms with E-state index in [1.807, 2.05) is 37.3 Å². The Bertz CT molecular complexity index is 896. The quantitative estimate of drug-likeness (QED) is 0.710. The number of tetrazole rings is 1. The summed E-state index contributed by atoms with van der Waals surface area (Å²) in [7, 11) is 1.53. The number of rotatable bonds is 5. The third-order valence-electron chi connectivity index (χ3n) is 3.63. The van der Waals surface area contributed by atoms with Crippen molar-refractivity contribution >= 4 is 21.8 Å². The molecular formula is C17H16BrN5O2. The third kappa shape index (κ3) is 3.69. The van der Waals surface area contributed by atoms with Crippen molar-refractivity contribution in [2.24, 2.45) is 0 Å². The van der Waals surface area contributed by atoms with Crippen LogP contribution in [0.15, 0.2) is 53.0 Å². The molecule has 1 heterocycles. The summed E-state index contributed by atoms with van der Waals surface area (Å²) in [6, 6.07) is 14.2. The summed E-state index contributed by atoms with van der Waals surface area (Å²) >= 11 is 3.43. The Balaban J connectivity index is 1.84. The monoisotopic (exact) mass is 401 g/mol. The van der Waals surface area contributed by atoms with Crippen LogP contribution in [0.5, 0.6) is 5.75 Å². The fourth-order valence-corrected chi connectivity index (χ4v) is 2.81. The summed E-state index contributed by atoms with van der Waals surface area (Å²) in [5.41, 5.74) is 1.26. The van der Waals surface area contributed by atoms with E-state index in [9.17, 15) is 4.79 Å². The topological polar surface area (TPSA) is 81.9 Å². The molecule has 25 heavy (non-hydrogen) atoms. The van der Waals surface area contributed by atoms with Gasteiger partial charge in [0.25, 0.3) is 5.91 Å². The van der Waals surface area contributed by atoms with Gasteiger partial charge in [0.2, 0.25) is 0 Å². The summed E-state index contributed by atoms with van der Waals surface area (Å²) in [4.78, 5) is 12.6. The van der Waals surface area contributed by atoms with Gasteiger partial charge in [-0.25, -0.2) is 0 Å². The van der Waals surface area contributed by atoms with Crippen molar-refractivity contribution in [3.05, 3.63) is 64.4 Å². The molecule has 0 saturated carbocycles. The zero-order chi connectivity index (χ0) is 17.8. The number of benzene rings is 2. The Hall–Kier alpha value is -2.74. The molecule has 0 aliphatic heterocycles. The lowest BCUT2D eigenvalue weighted by Crippen LogP contribution is -2.29. The zero-order valence-corrected chi connectivity index (χ0v) is 15.3. The SMILES string of the molecule is COc1ccccc1C(=O)NC(C)c1nnnn1-c1cccc(Br)c1. The molecule has 1 unspecified atom stereocenters. The van der Waals surface area contributed by atoms with Crippen LogP contribution in [-0.2, 0) is 0 Å². The van der Waals surface area contributed by atoms with E-state index >= 15 is 0 Å². The number of ether oxygens (including phenoxy) is 1. The summed E-state index contributed by atoms with van der Waals surface area (Å²) in [5, 5.41) is 14.7. The molecule has 3 aromatic rings. The van der Waals surface area contributed by atoms with Crippen molar-refractivity contribution < 1.29 is 9.53 Å². The Labute approximate surface area is 153 Å². The number of nitrogens with one attached hydrogen (secondary N) is 1. The number of nitrogens with zero attached hydrogens (tertiary/aromatic N) is 4. The zero-order valence-electron chi connectivity index (χ0n) is 13.7. The van der Waals surface area contributed by atoms with Gasteiger partial charge >= 0.3 is 0 Å². The fourth-order valence-electron chi connectivity index (χ4n) is 2.43. The van der Waals surface area contributed by atoms with Gasteiger partial charge in [-0.1, -0.05) is 34.1 Å². The first-order valence-electron chi connectivity index (χ1n) is 7.58. The molecule has 128 valence electrons. The van der Waals surface area contributed by atoms with Crippen LogP contribution in [-0.4, -0.2) is 33.2 Å². The van der Waals surface area contributed by atoms with Crippen LogP contribution in [0.1, 0.15) is 29.1 Å². The van der Waals surface area contributed by atoms with Crippen LogP contribution < -0.4 is 10.1 Å². The molecule has 0 bridgehead atoms. The van der Waals surface area contributed by atoms with Crippen LogP contribution in [0.4, 0.5) is 0 Å². The van der Waals surface area contributed by atoms with Crippen LogP contribution in [0.2, 0.25) is 0 Å². The van der Waals surface area contributed by atoms with Gasteiger partial charge in [0.15, 0.2) is 5.82 Å². The van der Waals surface area contributed by atoms with Crippen LogP contribution >= 0.6 is 15.9 Å². The number of carbonyl (C=O) groups excluding carboxylic acids is 1. The molecule has 0 radical (unpaired) electrons. The maximum absolute atomic E-state index is 12.6. The molecule has 0 saturated heterocycles. The summed E-state index contributed by atoms with van der Waals surface area (Å²) in [6.45, 7) is 1.83. The molecule has 0 spiro atoms. The van der Waals surface area contributed by atoms with Gasteiger partial charge in [0.1, 0.15) is 5.75 Å². The molecule has 1 N–H and O–H groups in total. The highest BCUT2D eigenvalue weighted by molar-refractivity contribution is 9.10. The third-order valence-corrected chi connectivity index (χ3v) is 4.13. The number of methoxy groups -OCH3 is 1. The maximum Gasteiger partial charge on any atom is 0.255 e. The molecule has 3 rings (SSSR count). The number of halogens is 1. The average Bonchev–Trinajstić information content (AvgIpc) is 3.11. The predicted octanol–water partition coefficient (Wildman–Crippen LogP) is 2.92. The Morgan fingerprint density at radius 3 is 2.80 bits per heavy atom. The van der Waals surface area contributed by atoms with Crippen LogP contribution in [0.25, 0.3) is 5.69 Å². The number of para-hydroxylation sites is 1. The minimum Gasteiger partial charge on any atom is -0.496 e. The van der Waals surface area contributed by atoms with Gasteiger partial charge in [0.05, 0.1) is 24.4 Å². The molecule has 8 heteroatoms. The normalized spacial score (nSPS) is 11.8. The Kier molecular flexibility index (Phi) is 5.08. The minimum absolute atomic E-state index is 0.256. The molecule has 0 aliphatic carbocycles. The van der Waals surface area contributed by atoms with Gasteiger partial charge in [-0.3, -0.25) is 4.79 Å². The average molecular weight is 402 g/mol. The van der Waals surface area contributed by atoms with Crippen molar-refractivity contribution in [2.75, 3.05) is 7.11 Å². The smallest absolute Gasteiger partial charge is 0.255 e. The summed E-state index contributed by atoms with van der Waals surface area (Å²) < 4.78 is 7.74. The first kappa shape index (κ1) is 17.1. The summed E-state index contributed by atoms with van der Waals surface area (Å²) in [6.07, 6.45) is 0. The van der Waals surface area contributed by atoms with Crippen molar-refractivity contribution in [1.29, 1.82) is 0 Å². The predicted molar refractivity (Wildman–Crippen MR) is 95.7 cm³/mol. The standard InChI is InChI=1S/C17H16BrN5O2/c1-11(19-17(24)14-8-3-4-9-15(14)25-2)16-20-21-22-23(16)13-7-5-6-12(18)10-13/h3-11H,1-2H3,(H,19,24). The van der Waals surface area contributed by atoms with Gasteiger partial charge in [-0.05, 0) is 47.7 Å². The van der Waals surface area contributed by atoms with E-state index in [1.165, 1.54) is 7.11 Å². The molecule has 0 fully saturated rings. The summed E-state index contributed by atoms with van der Waals surface area (Å²) in [5.74, 6) is 0.786. The van der Waals surface area contributed by atoms with Crippen molar-refractivity contribution in [2.45, 2.75) is 13.0 Å². The van der Waals surface area contributed by atoms with E-state index in [2.05, 4.69) is 36.8 Å². The van der Waals surface area contributed by atoms with E-state index in [-0.39, 0.29) is 5.91 Å². The van der Waals surface area contributed by atoms with Crippen LogP contribution in [0, 0.1) is 0 Å². The lowest BCUT2D eigenvalue weighted by Gasteiger charge is -2.15. The van der Waals surface area contributed by atoms with E-state index in [4.69, 9.17) is 4.74 Å². The first-order valence-corrected chi connectivity index (χ1v) is 8.37. The van der Waals surface area contributed by atoms with Crippen molar-refractivity contribution in [3.8, 4) is 11.4 Å². The number of amides is 1. The Morgan fingerprint density at radius 1 is 1.24 bits per heavy atom. The van der Waals surface area contributed by atoms with Gasteiger partial charge in [-0.2, -0.15) is 4.68 Å². The second-order valence-electron chi connectivity index (χ2n) is 5.32. The van der Waals surface area contributed by atoms with Gasteiger partial charge < -0.3 is 10.1 Å². The molecule has 1 aromatic heterocycles. The number of hydrogen-bond acceptors (Lipinski definition) is 5. The molecule has 2 aromatic carbocycles. The van der Waals surface area contributed by atoms with Crippen molar-refractivity contribution in [1.82, 2.24) is 25.5 Å². The second-order valence-corrected chi connectivity index (χ2v) is 6.24. The number of hydrogen-bond donors (Lipinski definition) is 1. The highest BCUT2D eigenvalue weighted by atomic mass is 79.9. The van der Waals surface area contributed by atoms with Crippen LogP contribution in [0.3, 0.4) is 0 Å². The minimum atomic E-state index is -0.397. The van der Waals surface area contributed by atoms with Crippen molar-refractivity contribution in [3.63, 3.8) is 0 Å². The number of carbonyl (C=O) groups is 1. The highest BCUT2D eigenvalue weighted by Crippen LogP contribution is 2.20.